The monoisotopic (exact) mass is 246 g/mol. The van der Waals surface area contributed by atoms with Gasteiger partial charge >= 0.3 is 0 Å². The van der Waals surface area contributed by atoms with E-state index in [4.69, 9.17) is 4.74 Å². The number of hydrogen-bond acceptors (Lipinski definition) is 3. The summed E-state index contributed by atoms with van der Waals surface area (Å²) >= 11 is 0. The molecule has 0 amide bonds. The molecule has 0 radical (unpaired) electrons. The molecule has 3 rings (SSSR count). The van der Waals surface area contributed by atoms with Gasteiger partial charge in [-0.25, -0.2) is 0 Å². The van der Waals surface area contributed by atoms with Gasteiger partial charge in [-0.1, -0.05) is 0 Å². The Morgan fingerprint density at radius 2 is 1.94 bits per heavy atom. The first kappa shape index (κ1) is 12.6. The molecule has 0 aromatic rings. The predicted molar refractivity (Wildman–Crippen MR) is 67.1 cm³/mol. The van der Waals surface area contributed by atoms with Crippen molar-refractivity contribution in [3.05, 3.63) is 0 Å². The maximum atomic E-state index is 5.42. The van der Waals surface area contributed by atoms with Crippen LogP contribution in [0.25, 0.3) is 0 Å². The van der Waals surface area contributed by atoms with E-state index in [1.165, 1.54) is 45.6 Å². The van der Waals surface area contributed by atoms with Crippen LogP contribution < -0.4 is 5.32 Å². The molecule has 3 saturated heterocycles. The average molecular weight is 247 g/mol. The summed E-state index contributed by atoms with van der Waals surface area (Å²) in [4.78, 5) is 2.68. The number of fused-ring (bicyclic) bond motifs is 1. The third-order valence-electron chi connectivity index (χ3n) is 4.34. The number of ether oxygens (including phenoxy) is 1. The predicted octanol–water partition coefficient (Wildman–Crippen LogP) is 0.986. The summed E-state index contributed by atoms with van der Waals surface area (Å²) in [6.45, 7) is 8.51. The van der Waals surface area contributed by atoms with Crippen LogP contribution >= 0.6 is 12.4 Å². The molecule has 3 aliphatic rings. The van der Waals surface area contributed by atoms with E-state index in [-0.39, 0.29) is 12.4 Å². The van der Waals surface area contributed by atoms with E-state index in [1.807, 2.05) is 0 Å². The summed E-state index contributed by atoms with van der Waals surface area (Å²) < 4.78 is 5.42. The molecule has 94 valence electrons. The van der Waals surface area contributed by atoms with Crippen LogP contribution in [-0.2, 0) is 4.74 Å². The molecule has 3 nitrogen and oxygen atoms in total. The van der Waals surface area contributed by atoms with Crippen molar-refractivity contribution in [3.8, 4) is 0 Å². The van der Waals surface area contributed by atoms with Crippen molar-refractivity contribution in [2.24, 2.45) is 17.8 Å². The number of rotatable bonds is 3. The van der Waals surface area contributed by atoms with Crippen LogP contribution in [0.1, 0.15) is 12.8 Å². The van der Waals surface area contributed by atoms with E-state index in [9.17, 15) is 0 Å². The molecule has 0 aliphatic carbocycles. The van der Waals surface area contributed by atoms with Crippen molar-refractivity contribution in [2.45, 2.75) is 12.8 Å². The van der Waals surface area contributed by atoms with Gasteiger partial charge in [0, 0.05) is 26.3 Å². The first-order valence-electron chi connectivity index (χ1n) is 6.42. The van der Waals surface area contributed by atoms with Gasteiger partial charge < -0.3 is 15.0 Å². The van der Waals surface area contributed by atoms with Gasteiger partial charge in [0.2, 0.25) is 0 Å². The second-order valence-electron chi connectivity index (χ2n) is 5.46. The van der Waals surface area contributed by atoms with Gasteiger partial charge in [0.1, 0.15) is 0 Å². The highest BCUT2D eigenvalue weighted by Crippen LogP contribution is 2.27. The standard InChI is InChI=1S/C12H22N2O.ClH/c1(10-2-4-15-9-10)3-14-7-11-5-13-6-12(11)8-14;/h10-13H,1-9H2;1H/t10?,11-,12+;. The lowest BCUT2D eigenvalue weighted by Gasteiger charge is -2.18. The zero-order valence-electron chi connectivity index (χ0n) is 9.86. The Kier molecular flexibility index (Phi) is 4.48. The van der Waals surface area contributed by atoms with Crippen molar-refractivity contribution >= 4 is 12.4 Å². The fourth-order valence-electron chi connectivity index (χ4n) is 3.31. The van der Waals surface area contributed by atoms with Gasteiger partial charge in [0.25, 0.3) is 0 Å². The van der Waals surface area contributed by atoms with Crippen LogP contribution in [0.3, 0.4) is 0 Å². The van der Waals surface area contributed by atoms with Crippen molar-refractivity contribution in [2.75, 3.05) is 45.9 Å². The maximum absolute atomic E-state index is 5.42. The first-order valence-corrected chi connectivity index (χ1v) is 6.42. The second kappa shape index (κ2) is 5.67. The number of hydrogen-bond donors (Lipinski definition) is 1. The van der Waals surface area contributed by atoms with Crippen molar-refractivity contribution in [1.82, 2.24) is 10.2 Å². The molecule has 1 unspecified atom stereocenters. The number of nitrogens with one attached hydrogen (secondary N) is 1. The van der Waals surface area contributed by atoms with Gasteiger partial charge in [-0.3, -0.25) is 0 Å². The lowest BCUT2D eigenvalue weighted by atomic mass is 10.0. The molecule has 1 N–H and O–H groups in total. The lowest BCUT2D eigenvalue weighted by Crippen LogP contribution is -2.28. The van der Waals surface area contributed by atoms with Crippen molar-refractivity contribution in [3.63, 3.8) is 0 Å². The van der Waals surface area contributed by atoms with E-state index >= 15 is 0 Å². The fourth-order valence-corrected chi connectivity index (χ4v) is 3.31. The molecule has 3 heterocycles. The molecule has 3 aliphatic heterocycles. The Balaban J connectivity index is 0.000000963. The van der Waals surface area contributed by atoms with E-state index in [2.05, 4.69) is 10.2 Å². The van der Waals surface area contributed by atoms with E-state index in [1.54, 1.807) is 0 Å². The molecule has 3 fully saturated rings. The maximum Gasteiger partial charge on any atom is 0.0495 e. The summed E-state index contributed by atoms with van der Waals surface area (Å²) in [5.74, 6) is 2.75. The topological polar surface area (TPSA) is 24.5 Å². The molecule has 0 saturated carbocycles. The normalized spacial score (nSPS) is 38.6. The van der Waals surface area contributed by atoms with Crippen molar-refractivity contribution in [1.29, 1.82) is 0 Å². The molecule has 0 spiro atoms. The van der Waals surface area contributed by atoms with Gasteiger partial charge in [0.05, 0.1) is 0 Å². The fraction of sp³-hybridized carbons (Fsp3) is 1.00. The Hall–Kier alpha value is 0.170. The molecule has 0 aromatic carbocycles. The number of likely N-dealkylation sites (tertiary alicyclic amines) is 1. The van der Waals surface area contributed by atoms with Crippen LogP contribution in [0.4, 0.5) is 0 Å². The lowest BCUT2D eigenvalue weighted by molar-refractivity contribution is 0.179. The highest BCUT2D eigenvalue weighted by molar-refractivity contribution is 5.85. The first-order chi connectivity index (χ1) is 7.42. The van der Waals surface area contributed by atoms with Crippen LogP contribution in [0, 0.1) is 17.8 Å². The van der Waals surface area contributed by atoms with Crippen LogP contribution in [0.2, 0.25) is 0 Å². The van der Waals surface area contributed by atoms with E-state index in [0.29, 0.717) is 0 Å². The van der Waals surface area contributed by atoms with E-state index < -0.39 is 0 Å². The van der Waals surface area contributed by atoms with Crippen LogP contribution in [0.15, 0.2) is 0 Å². The largest absolute Gasteiger partial charge is 0.381 e. The Morgan fingerprint density at radius 1 is 1.19 bits per heavy atom. The van der Waals surface area contributed by atoms with Crippen LogP contribution in [-0.4, -0.2) is 50.8 Å². The molecule has 3 atom stereocenters. The third-order valence-corrected chi connectivity index (χ3v) is 4.34. The molecule has 4 heteroatoms. The quantitative estimate of drug-likeness (QED) is 0.804. The smallest absolute Gasteiger partial charge is 0.0495 e. The van der Waals surface area contributed by atoms with Gasteiger partial charge in [-0.05, 0) is 50.2 Å². The Bertz CT molecular complexity index is 209. The molecule has 16 heavy (non-hydrogen) atoms. The molecular formula is C12H23ClN2O. The van der Waals surface area contributed by atoms with Gasteiger partial charge in [-0.15, -0.1) is 12.4 Å². The summed E-state index contributed by atoms with van der Waals surface area (Å²) in [5.41, 5.74) is 0. The molecule has 0 aromatic heterocycles. The zero-order chi connectivity index (χ0) is 10.1. The second-order valence-corrected chi connectivity index (χ2v) is 5.46. The number of halogens is 1. The third kappa shape index (κ3) is 2.70. The molecule has 0 bridgehead atoms. The summed E-state index contributed by atoms with van der Waals surface area (Å²) in [6, 6.07) is 0. The summed E-state index contributed by atoms with van der Waals surface area (Å²) in [5, 5.41) is 3.50. The minimum atomic E-state index is 0. The summed E-state index contributed by atoms with van der Waals surface area (Å²) in [6.07, 6.45) is 2.65. The van der Waals surface area contributed by atoms with Crippen molar-refractivity contribution < 1.29 is 4.74 Å². The zero-order valence-corrected chi connectivity index (χ0v) is 10.7. The van der Waals surface area contributed by atoms with E-state index in [0.717, 1.165) is 31.0 Å². The minimum absolute atomic E-state index is 0. The highest BCUT2D eigenvalue weighted by Gasteiger charge is 2.35. The van der Waals surface area contributed by atoms with Gasteiger partial charge in [0.15, 0.2) is 0 Å². The van der Waals surface area contributed by atoms with Gasteiger partial charge in [-0.2, -0.15) is 0 Å². The SMILES string of the molecule is C1CC(CCN2C[C@H]3CNC[C@H]3C2)CO1.Cl. The Labute approximate surface area is 104 Å². The average Bonchev–Trinajstić information content (AvgIpc) is 2.91. The molecular weight excluding hydrogens is 224 g/mol. The summed E-state index contributed by atoms with van der Waals surface area (Å²) in [7, 11) is 0. The number of nitrogens with zero attached hydrogens (tertiary/aromatic N) is 1. The minimum Gasteiger partial charge on any atom is -0.381 e. The Morgan fingerprint density at radius 3 is 2.56 bits per heavy atom. The highest BCUT2D eigenvalue weighted by atomic mass is 35.5. The van der Waals surface area contributed by atoms with Crippen LogP contribution in [0.5, 0.6) is 0 Å².